The van der Waals surface area contributed by atoms with E-state index in [1.165, 1.54) is 0 Å². The van der Waals surface area contributed by atoms with Crippen LogP contribution in [-0.2, 0) is 10.0 Å². The molecular formula is C22H29N3O2S. The summed E-state index contributed by atoms with van der Waals surface area (Å²) in [5, 5.41) is 5.83. The number of hydrogen-bond donors (Lipinski definition) is 2. The summed E-state index contributed by atoms with van der Waals surface area (Å²) >= 11 is 0. The number of unbranched alkanes of at least 4 members (excludes halogenated alkanes) is 2. The summed E-state index contributed by atoms with van der Waals surface area (Å²) in [6, 6.07) is 16.3. The Morgan fingerprint density at radius 1 is 0.821 bits per heavy atom. The van der Waals surface area contributed by atoms with Gasteiger partial charge in [-0.3, -0.25) is 0 Å². The number of fused-ring (bicyclic) bond motifs is 2. The van der Waals surface area contributed by atoms with Crippen molar-refractivity contribution in [3.63, 3.8) is 0 Å². The van der Waals surface area contributed by atoms with Crippen LogP contribution < -0.4 is 10.0 Å². The summed E-state index contributed by atoms with van der Waals surface area (Å²) in [5.74, 6) is 0. The molecule has 6 heteroatoms. The second-order valence-corrected chi connectivity index (χ2v) is 10.5. The summed E-state index contributed by atoms with van der Waals surface area (Å²) in [5.41, 5.74) is 3.09. The zero-order chi connectivity index (χ0) is 20.2. The molecule has 0 bridgehead atoms. The van der Waals surface area contributed by atoms with Gasteiger partial charge >= 0.3 is 0 Å². The summed E-state index contributed by atoms with van der Waals surface area (Å²) < 4.78 is 26.0. The third-order valence-corrected chi connectivity index (χ3v) is 7.04. The van der Waals surface area contributed by atoms with E-state index in [-0.39, 0.29) is 0 Å². The number of para-hydroxylation sites is 2. The number of aromatic nitrogens is 1. The first-order valence-corrected chi connectivity index (χ1v) is 11.3. The van der Waals surface area contributed by atoms with Crippen molar-refractivity contribution in [2.75, 3.05) is 18.4 Å². The fourth-order valence-corrected chi connectivity index (χ4v) is 3.94. The van der Waals surface area contributed by atoms with Crippen molar-refractivity contribution in [1.82, 2.24) is 9.71 Å². The Morgan fingerprint density at radius 3 is 1.93 bits per heavy atom. The predicted octanol–water partition coefficient (Wildman–Crippen LogP) is 4.69. The van der Waals surface area contributed by atoms with Crippen LogP contribution in [0.4, 0.5) is 5.69 Å². The van der Waals surface area contributed by atoms with E-state index in [4.69, 9.17) is 4.98 Å². The average molecular weight is 400 g/mol. The topological polar surface area (TPSA) is 71.1 Å². The first-order chi connectivity index (χ1) is 13.3. The summed E-state index contributed by atoms with van der Waals surface area (Å²) in [6.45, 7) is 6.46. The lowest BCUT2D eigenvalue weighted by atomic mass is 10.1. The highest BCUT2D eigenvalue weighted by Gasteiger charge is 2.27. The quantitative estimate of drug-likeness (QED) is 0.426. The van der Waals surface area contributed by atoms with Crippen molar-refractivity contribution in [2.24, 2.45) is 0 Å². The maximum Gasteiger partial charge on any atom is 0.216 e. The minimum absolute atomic E-state index is 0.487. The van der Waals surface area contributed by atoms with E-state index < -0.39 is 14.8 Å². The van der Waals surface area contributed by atoms with E-state index >= 15 is 0 Å². The number of pyridine rings is 1. The Kier molecular flexibility index (Phi) is 6.20. The molecule has 0 aliphatic rings. The van der Waals surface area contributed by atoms with Crippen molar-refractivity contribution in [2.45, 2.75) is 44.8 Å². The Balaban J connectivity index is 1.57. The van der Waals surface area contributed by atoms with Crippen LogP contribution in [0.25, 0.3) is 21.8 Å². The Labute approximate surface area is 167 Å². The van der Waals surface area contributed by atoms with Gasteiger partial charge in [0.1, 0.15) is 0 Å². The molecule has 3 rings (SSSR count). The van der Waals surface area contributed by atoms with Crippen molar-refractivity contribution >= 4 is 37.5 Å². The highest BCUT2D eigenvalue weighted by molar-refractivity contribution is 7.90. The molecule has 5 nitrogen and oxygen atoms in total. The molecule has 0 spiro atoms. The highest BCUT2D eigenvalue weighted by Crippen LogP contribution is 2.30. The number of anilines is 1. The second kappa shape index (κ2) is 8.45. The molecule has 0 aliphatic heterocycles. The number of benzene rings is 2. The van der Waals surface area contributed by atoms with Gasteiger partial charge in [0, 0.05) is 23.9 Å². The van der Waals surface area contributed by atoms with Gasteiger partial charge in [0.15, 0.2) is 0 Å². The van der Waals surface area contributed by atoms with Crippen LogP contribution in [0.3, 0.4) is 0 Å². The Hall–Kier alpha value is -2.18. The van der Waals surface area contributed by atoms with Crippen molar-refractivity contribution in [1.29, 1.82) is 0 Å². The lowest BCUT2D eigenvalue weighted by Crippen LogP contribution is -2.39. The molecule has 0 amide bonds. The van der Waals surface area contributed by atoms with Crippen LogP contribution in [0, 0.1) is 0 Å². The standard InChI is InChI=1S/C22H29N3O2S/c1-22(2,3)28(26,27)24-16-10-4-9-15-23-21-17-11-5-7-13-19(17)25-20-14-8-6-12-18(20)21/h5-8,11-14,24H,4,9-10,15-16H2,1-3H3,(H,23,25). The van der Waals surface area contributed by atoms with Crippen LogP contribution in [0.2, 0.25) is 0 Å². The molecule has 1 heterocycles. The summed E-state index contributed by atoms with van der Waals surface area (Å²) in [7, 11) is -3.25. The van der Waals surface area contributed by atoms with Crippen molar-refractivity contribution < 1.29 is 8.42 Å². The molecule has 0 radical (unpaired) electrons. The molecule has 2 aromatic carbocycles. The molecule has 150 valence electrons. The SMILES string of the molecule is CC(C)(C)S(=O)(=O)NCCCCCNc1c2ccccc2nc2ccccc12. The average Bonchev–Trinajstić information content (AvgIpc) is 2.65. The molecule has 2 N–H and O–H groups in total. The van der Waals surface area contributed by atoms with E-state index in [1.807, 2.05) is 36.4 Å². The van der Waals surface area contributed by atoms with Gasteiger partial charge in [-0.1, -0.05) is 42.8 Å². The van der Waals surface area contributed by atoms with Crippen LogP contribution >= 0.6 is 0 Å². The van der Waals surface area contributed by atoms with Crippen molar-refractivity contribution in [3.8, 4) is 0 Å². The van der Waals surface area contributed by atoms with Gasteiger partial charge in [0.05, 0.1) is 21.5 Å². The molecular weight excluding hydrogens is 370 g/mol. The Morgan fingerprint density at radius 2 is 1.36 bits per heavy atom. The number of hydrogen-bond acceptors (Lipinski definition) is 4. The maximum atomic E-state index is 12.0. The second-order valence-electron chi connectivity index (χ2n) is 8.02. The Bertz CT molecular complexity index is 1000. The first kappa shape index (κ1) is 20.6. The summed E-state index contributed by atoms with van der Waals surface area (Å²) in [6.07, 6.45) is 2.76. The lowest BCUT2D eigenvalue weighted by molar-refractivity contribution is 0.540. The van der Waals surface area contributed by atoms with E-state index in [2.05, 4.69) is 22.2 Å². The molecule has 28 heavy (non-hydrogen) atoms. The molecule has 0 fully saturated rings. The predicted molar refractivity (Wildman–Crippen MR) is 118 cm³/mol. The van der Waals surface area contributed by atoms with E-state index in [0.717, 1.165) is 53.3 Å². The number of sulfonamides is 1. The van der Waals surface area contributed by atoms with Gasteiger partial charge in [0.25, 0.3) is 0 Å². The minimum atomic E-state index is -3.25. The molecule has 0 atom stereocenters. The van der Waals surface area contributed by atoms with Gasteiger partial charge in [0.2, 0.25) is 10.0 Å². The largest absolute Gasteiger partial charge is 0.384 e. The van der Waals surface area contributed by atoms with E-state index in [0.29, 0.717) is 6.54 Å². The molecule has 0 unspecified atom stereocenters. The maximum absolute atomic E-state index is 12.0. The fourth-order valence-electron chi connectivity index (χ4n) is 3.09. The van der Waals surface area contributed by atoms with Crippen LogP contribution in [0.5, 0.6) is 0 Å². The molecule has 0 aliphatic carbocycles. The smallest absolute Gasteiger partial charge is 0.216 e. The zero-order valence-corrected chi connectivity index (χ0v) is 17.6. The fraction of sp³-hybridized carbons (Fsp3) is 0.409. The van der Waals surface area contributed by atoms with Gasteiger partial charge in [-0.15, -0.1) is 0 Å². The molecule has 0 saturated heterocycles. The van der Waals surface area contributed by atoms with Gasteiger partial charge in [-0.05, 0) is 45.7 Å². The highest BCUT2D eigenvalue weighted by atomic mass is 32.2. The third-order valence-electron chi connectivity index (χ3n) is 4.84. The van der Waals surface area contributed by atoms with E-state index in [9.17, 15) is 8.42 Å². The van der Waals surface area contributed by atoms with Gasteiger partial charge in [-0.25, -0.2) is 18.1 Å². The first-order valence-electron chi connectivity index (χ1n) is 9.80. The number of nitrogens with zero attached hydrogens (tertiary/aromatic N) is 1. The lowest BCUT2D eigenvalue weighted by Gasteiger charge is -2.19. The van der Waals surface area contributed by atoms with E-state index in [1.54, 1.807) is 20.8 Å². The molecule has 0 saturated carbocycles. The number of nitrogens with one attached hydrogen (secondary N) is 2. The third kappa shape index (κ3) is 4.62. The van der Waals surface area contributed by atoms with Gasteiger partial charge < -0.3 is 5.32 Å². The van der Waals surface area contributed by atoms with Crippen LogP contribution in [0.15, 0.2) is 48.5 Å². The van der Waals surface area contributed by atoms with Gasteiger partial charge in [-0.2, -0.15) is 0 Å². The van der Waals surface area contributed by atoms with Crippen LogP contribution in [-0.4, -0.2) is 31.2 Å². The van der Waals surface area contributed by atoms with Crippen LogP contribution in [0.1, 0.15) is 40.0 Å². The number of rotatable bonds is 8. The zero-order valence-electron chi connectivity index (χ0n) is 16.8. The molecule has 1 aromatic heterocycles. The molecule has 3 aromatic rings. The normalized spacial score (nSPS) is 12.5. The van der Waals surface area contributed by atoms with Crippen molar-refractivity contribution in [3.05, 3.63) is 48.5 Å². The summed E-state index contributed by atoms with van der Waals surface area (Å²) in [4.78, 5) is 4.74. The monoisotopic (exact) mass is 399 g/mol. The minimum Gasteiger partial charge on any atom is -0.384 e.